The standard InChI is InChI=1S/C18H23ClN4O3/c1-22(18(24)20-13-4-6-25-7-5-13)14-9-23(10-14)11-16-15-8-12(19)2-3-17(15)26-21-16/h2-3,8,13-14H,4-7,9-11H2,1H3,(H,20,24). The van der Waals surface area contributed by atoms with Crippen LogP contribution >= 0.6 is 11.6 Å². The lowest BCUT2D eigenvalue weighted by atomic mass is 10.1. The van der Waals surface area contributed by atoms with Gasteiger partial charge in [0, 0.05) is 56.3 Å². The van der Waals surface area contributed by atoms with Crippen molar-refractivity contribution >= 4 is 28.6 Å². The molecule has 0 unspecified atom stereocenters. The number of rotatable bonds is 4. The maximum atomic E-state index is 12.4. The number of fused-ring (bicyclic) bond motifs is 1. The Labute approximate surface area is 157 Å². The number of hydrogen-bond acceptors (Lipinski definition) is 5. The molecule has 0 atom stereocenters. The fourth-order valence-electron chi connectivity index (χ4n) is 3.49. The second kappa shape index (κ2) is 7.42. The Morgan fingerprint density at radius 3 is 2.92 bits per heavy atom. The molecule has 8 heteroatoms. The molecule has 0 saturated carbocycles. The number of carbonyl (C=O) groups is 1. The molecular weight excluding hydrogens is 356 g/mol. The number of nitrogens with one attached hydrogen (secondary N) is 1. The zero-order valence-corrected chi connectivity index (χ0v) is 15.5. The lowest BCUT2D eigenvalue weighted by molar-refractivity contribution is 0.0521. The Balaban J connectivity index is 1.29. The molecule has 140 valence electrons. The van der Waals surface area contributed by atoms with E-state index in [1.807, 2.05) is 24.1 Å². The molecule has 4 rings (SSSR count). The van der Waals surface area contributed by atoms with Crippen molar-refractivity contribution in [2.24, 2.45) is 0 Å². The lowest BCUT2D eigenvalue weighted by Crippen LogP contribution is -2.61. The van der Waals surface area contributed by atoms with Crippen molar-refractivity contribution in [2.45, 2.75) is 31.5 Å². The molecule has 2 aromatic rings. The molecule has 2 aliphatic rings. The van der Waals surface area contributed by atoms with Crippen LogP contribution in [0.5, 0.6) is 0 Å². The summed E-state index contributed by atoms with van der Waals surface area (Å²) in [7, 11) is 1.86. The number of benzene rings is 1. The van der Waals surface area contributed by atoms with Crippen LogP contribution in [0.1, 0.15) is 18.5 Å². The van der Waals surface area contributed by atoms with E-state index in [1.54, 1.807) is 6.07 Å². The Bertz CT molecular complexity index is 784. The van der Waals surface area contributed by atoms with Crippen LogP contribution in [-0.4, -0.2) is 66.4 Å². The van der Waals surface area contributed by atoms with E-state index in [9.17, 15) is 4.79 Å². The highest BCUT2D eigenvalue weighted by Gasteiger charge is 2.33. The number of aromatic nitrogens is 1. The number of nitrogens with zero attached hydrogens (tertiary/aromatic N) is 3. The molecule has 0 bridgehead atoms. The highest BCUT2D eigenvalue weighted by Crippen LogP contribution is 2.25. The van der Waals surface area contributed by atoms with Gasteiger partial charge >= 0.3 is 6.03 Å². The second-order valence-electron chi connectivity index (χ2n) is 7.06. The van der Waals surface area contributed by atoms with Crippen LogP contribution in [0.15, 0.2) is 22.7 Å². The molecule has 3 heterocycles. The number of urea groups is 1. The topological polar surface area (TPSA) is 70.8 Å². The van der Waals surface area contributed by atoms with E-state index in [1.165, 1.54) is 0 Å². The minimum absolute atomic E-state index is 0.000202. The Morgan fingerprint density at radius 2 is 2.15 bits per heavy atom. The van der Waals surface area contributed by atoms with Gasteiger partial charge in [0.2, 0.25) is 0 Å². The third-order valence-electron chi connectivity index (χ3n) is 5.23. The summed E-state index contributed by atoms with van der Waals surface area (Å²) in [6.07, 6.45) is 1.77. The van der Waals surface area contributed by atoms with Crippen molar-refractivity contribution < 1.29 is 14.1 Å². The van der Waals surface area contributed by atoms with Crippen molar-refractivity contribution in [2.75, 3.05) is 33.4 Å². The van der Waals surface area contributed by atoms with Crippen LogP contribution in [0, 0.1) is 0 Å². The average Bonchev–Trinajstić information content (AvgIpc) is 3.00. The summed E-state index contributed by atoms with van der Waals surface area (Å²) in [5.74, 6) is 0. The number of likely N-dealkylation sites (N-methyl/N-ethyl adjacent to an activating group) is 1. The first-order chi connectivity index (χ1) is 12.6. The first-order valence-electron chi connectivity index (χ1n) is 8.97. The highest BCUT2D eigenvalue weighted by atomic mass is 35.5. The second-order valence-corrected chi connectivity index (χ2v) is 7.50. The largest absolute Gasteiger partial charge is 0.381 e. The molecule has 7 nitrogen and oxygen atoms in total. The van der Waals surface area contributed by atoms with Gasteiger partial charge in [0.25, 0.3) is 0 Å². The van der Waals surface area contributed by atoms with Gasteiger partial charge in [-0.1, -0.05) is 16.8 Å². The molecule has 0 radical (unpaired) electrons. The molecule has 0 aliphatic carbocycles. The maximum Gasteiger partial charge on any atom is 0.317 e. The minimum Gasteiger partial charge on any atom is -0.381 e. The van der Waals surface area contributed by atoms with E-state index in [2.05, 4.69) is 15.4 Å². The fraction of sp³-hybridized carbons (Fsp3) is 0.556. The SMILES string of the molecule is CN(C(=O)NC1CCOCC1)C1CN(Cc2noc3ccc(Cl)cc23)C1. The molecule has 26 heavy (non-hydrogen) atoms. The van der Waals surface area contributed by atoms with Crippen LogP contribution in [-0.2, 0) is 11.3 Å². The van der Waals surface area contributed by atoms with E-state index >= 15 is 0 Å². The molecule has 1 aromatic carbocycles. The summed E-state index contributed by atoms with van der Waals surface area (Å²) in [4.78, 5) is 16.5. The lowest BCUT2D eigenvalue weighted by Gasteiger charge is -2.44. The van der Waals surface area contributed by atoms with E-state index in [4.69, 9.17) is 20.9 Å². The van der Waals surface area contributed by atoms with Gasteiger partial charge in [-0.3, -0.25) is 4.90 Å². The van der Waals surface area contributed by atoms with Crippen LogP contribution in [0.3, 0.4) is 0 Å². The summed E-state index contributed by atoms with van der Waals surface area (Å²) in [5, 5.41) is 8.89. The summed E-state index contributed by atoms with van der Waals surface area (Å²) in [6, 6.07) is 5.96. The van der Waals surface area contributed by atoms with Crippen LogP contribution in [0.25, 0.3) is 11.0 Å². The third kappa shape index (κ3) is 3.65. The van der Waals surface area contributed by atoms with Gasteiger partial charge in [-0.05, 0) is 31.0 Å². The Morgan fingerprint density at radius 1 is 1.38 bits per heavy atom. The van der Waals surface area contributed by atoms with E-state index < -0.39 is 0 Å². The Kier molecular flexibility index (Phi) is 5.02. The quantitative estimate of drug-likeness (QED) is 0.885. The fourth-order valence-corrected chi connectivity index (χ4v) is 3.66. The van der Waals surface area contributed by atoms with Crippen molar-refractivity contribution in [3.63, 3.8) is 0 Å². The van der Waals surface area contributed by atoms with E-state index in [0.29, 0.717) is 11.6 Å². The van der Waals surface area contributed by atoms with Crippen molar-refractivity contribution in [3.05, 3.63) is 28.9 Å². The van der Waals surface area contributed by atoms with E-state index in [0.717, 1.165) is 55.8 Å². The van der Waals surface area contributed by atoms with Gasteiger partial charge < -0.3 is 19.5 Å². The number of likely N-dealkylation sites (tertiary alicyclic amines) is 1. The third-order valence-corrected chi connectivity index (χ3v) is 5.47. The summed E-state index contributed by atoms with van der Waals surface area (Å²) in [5.41, 5.74) is 1.63. The van der Waals surface area contributed by atoms with Crippen LogP contribution in [0.2, 0.25) is 5.02 Å². The number of hydrogen-bond donors (Lipinski definition) is 1. The predicted octanol–water partition coefficient (Wildman–Crippen LogP) is 2.49. The zero-order chi connectivity index (χ0) is 18.1. The van der Waals surface area contributed by atoms with Crippen molar-refractivity contribution in [1.29, 1.82) is 0 Å². The first-order valence-corrected chi connectivity index (χ1v) is 9.35. The van der Waals surface area contributed by atoms with Gasteiger partial charge in [0.1, 0.15) is 5.69 Å². The average molecular weight is 379 g/mol. The minimum atomic E-state index is 0.000202. The molecular formula is C18H23ClN4O3. The zero-order valence-electron chi connectivity index (χ0n) is 14.8. The Hall–Kier alpha value is -1.83. The predicted molar refractivity (Wildman–Crippen MR) is 98.2 cm³/mol. The number of carbonyl (C=O) groups excluding carboxylic acids is 1. The van der Waals surface area contributed by atoms with Gasteiger partial charge in [0.05, 0.1) is 6.04 Å². The number of ether oxygens (including phenoxy) is 1. The van der Waals surface area contributed by atoms with Gasteiger partial charge in [-0.15, -0.1) is 0 Å². The molecule has 2 fully saturated rings. The maximum absolute atomic E-state index is 12.4. The highest BCUT2D eigenvalue weighted by molar-refractivity contribution is 6.31. The molecule has 2 saturated heterocycles. The molecule has 2 amide bonds. The van der Waals surface area contributed by atoms with Crippen LogP contribution < -0.4 is 5.32 Å². The molecule has 1 N–H and O–H groups in total. The molecule has 0 spiro atoms. The normalized spacial score (nSPS) is 19.5. The smallest absolute Gasteiger partial charge is 0.317 e. The molecule has 1 aromatic heterocycles. The number of halogens is 1. The van der Waals surface area contributed by atoms with Gasteiger partial charge in [0.15, 0.2) is 5.58 Å². The summed E-state index contributed by atoms with van der Waals surface area (Å²) in [6.45, 7) is 3.79. The van der Waals surface area contributed by atoms with Gasteiger partial charge in [-0.2, -0.15) is 0 Å². The van der Waals surface area contributed by atoms with Crippen LogP contribution in [0.4, 0.5) is 4.79 Å². The summed E-state index contributed by atoms with van der Waals surface area (Å²) < 4.78 is 10.7. The summed E-state index contributed by atoms with van der Waals surface area (Å²) >= 11 is 6.07. The first kappa shape index (κ1) is 17.6. The number of amides is 2. The molecule has 2 aliphatic heterocycles. The van der Waals surface area contributed by atoms with Gasteiger partial charge in [-0.25, -0.2) is 4.79 Å². The van der Waals surface area contributed by atoms with Crippen molar-refractivity contribution in [3.8, 4) is 0 Å². The monoisotopic (exact) mass is 378 g/mol. The van der Waals surface area contributed by atoms with E-state index in [-0.39, 0.29) is 18.1 Å². The van der Waals surface area contributed by atoms with Crippen molar-refractivity contribution in [1.82, 2.24) is 20.3 Å².